The zero-order valence-electron chi connectivity index (χ0n) is 10.9. The number of carboxylic acid groups (broad SMARTS) is 4. The number of carbonyl (C=O) groups is 4. The minimum atomic E-state index is -1.37. The Labute approximate surface area is 141 Å². The molecule has 0 saturated heterocycles. The van der Waals surface area contributed by atoms with Gasteiger partial charge in [0.15, 0.2) is 0 Å². The van der Waals surface area contributed by atoms with E-state index in [2.05, 4.69) is 0 Å². The van der Waals surface area contributed by atoms with E-state index < -0.39 is 36.7 Å². The van der Waals surface area contributed by atoms with Gasteiger partial charge in [-0.3, -0.25) is 0 Å². The first-order chi connectivity index (χ1) is 8.25. The van der Waals surface area contributed by atoms with Crippen LogP contribution in [0.1, 0.15) is 38.5 Å². The predicted molar refractivity (Wildman–Crippen MR) is 47.7 cm³/mol. The second kappa shape index (κ2) is 18.1. The van der Waals surface area contributed by atoms with Gasteiger partial charge in [0.25, 0.3) is 0 Å². The standard InChI is InChI=1S/C6H10O4.C4H6O4.2Zn/c7-5(8)3-1-2-4-6(9)10;5-3(6)1-2-4(7)8;;/h1-4H2,(H,7,8)(H,9,10);1-2H2,(H,5,6)(H,7,8);;/q;;2*+2/p-4. The molecule has 0 amide bonds. The molecule has 0 N–H and O–H groups in total. The van der Waals surface area contributed by atoms with Crippen molar-refractivity contribution in [1.29, 1.82) is 0 Å². The second-order valence-corrected chi connectivity index (χ2v) is 3.20. The number of aliphatic carboxylic acids is 4. The van der Waals surface area contributed by atoms with E-state index in [0.717, 1.165) is 0 Å². The topological polar surface area (TPSA) is 161 Å². The Morgan fingerprint density at radius 1 is 0.500 bits per heavy atom. The Balaban J connectivity index is -0.000000119. The molecular formula is C10H12O8Zn2. The number of hydrogen-bond acceptors (Lipinski definition) is 8. The van der Waals surface area contributed by atoms with Crippen molar-refractivity contribution in [3.63, 3.8) is 0 Å². The summed E-state index contributed by atoms with van der Waals surface area (Å²) in [7, 11) is 0. The summed E-state index contributed by atoms with van der Waals surface area (Å²) >= 11 is 0. The summed E-state index contributed by atoms with van der Waals surface area (Å²) in [6, 6.07) is 0. The average Bonchev–Trinajstić information content (AvgIpc) is 2.22. The van der Waals surface area contributed by atoms with Crippen molar-refractivity contribution >= 4 is 23.9 Å². The van der Waals surface area contributed by atoms with Crippen molar-refractivity contribution in [3.8, 4) is 0 Å². The molecule has 0 aromatic heterocycles. The summed E-state index contributed by atoms with van der Waals surface area (Å²) in [4.78, 5) is 38.5. The van der Waals surface area contributed by atoms with E-state index in [4.69, 9.17) is 0 Å². The Morgan fingerprint density at radius 2 is 0.700 bits per heavy atom. The third-order valence-corrected chi connectivity index (χ3v) is 1.55. The van der Waals surface area contributed by atoms with Gasteiger partial charge < -0.3 is 39.6 Å². The van der Waals surface area contributed by atoms with Crippen molar-refractivity contribution in [2.75, 3.05) is 0 Å². The van der Waals surface area contributed by atoms with Crippen LogP contribution in [0.15, 0.2) is 0 Å². The van der Waals surface area contributed by atoms with Crippen molar-refractivity contribution in [3.05, 3.63) is 0 Å². The molecule has 0 aromatic rings. The normalized spacial score (nSPS) is 8.00. The fourth-order valence-electron chi connectivity index (χ4n) is 0.743. The molecule has 0 fully saturated rings. The predicted octanol–water partition coefficient (Wildman–Crippen LogP) is -4.69. The molecule has 0 rings (SSSR count). The van der Waals surface area contributed by atoms with Crippen LogP contribution < -0.4 is 20.4 Å². The van der Waals surface area contributed by atoms with Crippen LogP contribution >= 0.6 is 0 Å². The number of rotatable bonds is 8. The van der Waals surface area contributed by atoms with Gasteiger partial charge in [-0.25, -0.2) is 0 Å². The van der Waals surface area contributed by atoms with E-state index in [-0.39, 0.29) is 51.8 Å². The van der Waals surface area contributed by atoms with Gasteiger partial charge >= 0.3 is 39.0 Å². The molecule has 0 heterocycles. The molecule has 0 saturated carbocycles. The number of unbranched alkanes of at least 4 members (excludes halogenated alkanes) is 1. The first kappa shape index (κ1) is 27.5. The van der Waals surface area contributed by atoms with Gasteiger partial charge in [-0.2, -0.15) is 0 Å². The largest absolute Gasteiger partial charge is 2.00 e. The molecular weight excluding hydrogens is 379 g/mol. The summed E-state index contributed by atoms with van der Waals surface area (Å²) in [5.74, 6) is -5.01. The number of carboxylic acids is 4. The first-order valence-electron chi connectivity index (χ1n) is 5.05. The molecule has 104 valence electrons. The van der Waals surface area contributed by atoms with Crippen molar-refractivity contribution in [2.45, 2.75) is 38.5 Å². The average molecular weight is 391 g/mol. The molecule has 0 atom stereocenters. The molecule has 8 nitrogen and oxygen atoms in total. The van der Waals surface area contributed by atoms with Gasteiger partial charge in [-0.15, -0.1) is 0 Å². The fraction of sp³-hybridized carbons (Fsp3) is 0.600. The molecule has 0 bridgehead atoms. The summed E-state index contributed by atoms with van der Waals surface area (Å²) in [6.45, 7) is 0. The maximum Gasteiger partial charge on any atom is 2.00 e. The van der Waals surface area contributed by atoms with Crippen LogP contribution in [0.4, 0.5) is 0 Å². The van der Waals surface area contributed by atoms with E-state index in [1.165, 1.54) is 0 Å². The van der Waals surface area contributed by atoms with E-state index >= 15 is 0 Å². The van der Waals surface area contributed by atoms with Crippen LogP contribution in [0.5, 0.6) is 0 Å². The zero-order chi connectivity index (χ0) is 14.6. The Morgan fingerprint density at radius 3 is 0.850 bits per heavy atom. The molecule has 20 heavy (non-hydrogen) atoms. The minimum Gasteiger partial charge on any atom is -0.550 e. The third kappa shape index (κ3) is 36.0. The van der Waals surface area contributed by atoms with Crippen LogP contribution in [0.3, 0.4) is 0 Å². The van der Waals surface area contributed by atoms with Gasteiger partial charge in [0.1, 0.15) is 0 Å². The van der Waals surface area contributed by atoms with E-state index in [1.54, 1.807) is 0 Å². The molecule has 0 aliphatic carbocycles. The SMILES string of the molecule is O=C([O-])CCC(=O)[O-].O=C([O-])CCCCC(=O)[O-].[Zn+2].[Zn+2]. The van der Waals surface area contributed by atoms with E-state index in [9.17, 15) is 39.6 Å². The summed E-state index contributed by atoms with van der Waals surface area (Å²) in [5, 5.41) is 38.5. The monoisotopic (exact) mass is 388 g/mol. The smallest absolute Gasteiger partial charge is 0.550 e. The molecule has 0 aromatic carbocycles. The Bertz CT molecular complexity index is 276. The zero-order valence-corrected chi connectivity index (χ0v) is 16.9. The van der Waals surface area contributed by atoms with Crippen molar-refractivity contribution in [1.82, 2.24) is 0 Å². The molecule has 0 aliphatic rings. The van der Waals surface area contributed by atoms with Crippen molar-refractivity contribution in [2.24, 2.45) is 0 Å². The molecule has 0 aliphatic heterocycles. The maximum absolute atomic E-state index is 9.77. The van der Waals surface area contributed by atoms with E-state index in [0.29, 0.717) is 12.8 Å². The second-order valence-electron chi connectivity index (χ2n) is 3.20. The maximum atomic E-state index is 9.77. The summed E-state index contributed by atoms with van der Waals surface area (Å²) in [5.41, 5.74) is 0. The van der Waals surface area contributed by atoms with Gasteiger partial charge in [0.2, 0.25) is 0 Å². The minimum absolute atomic E-state index is 0. The summed E-state index contributed by atoms with van der Waals surface area (Å²) < 4.78 is 0. The quantitative estimate of drug-likeness (QED) is 0.295. The van der Waals surface area contributed by atoms with Gasteiger partial charge in [-0.05, 0) is 38.5 Å². The molecule has 10 heteroatoms. The van der Waals surface area contributed by atoms with Crippen LogP contribution in [-0.2, 0) is 58.1 Å². The number of hydrogen-bond donors (Lipinski definition) is 0. The fourth-order valence-corrected chi connectivity index (χ4v) is 0.743. The van der Waals surface area contributed by atoms with Gasteiger partial charge in [-0.1, -0.05) is 0 Å². The molecule has 0 unspecified atom stereocenters. The van der Waals surface area contributed by atoms with Crippen LogP contribution in [0.25, 0.3) is 0 Å². The third-order valence-electron chi connectivity index (χ3n) is 1.55. The first-order valence-corrected chi connectivity index (χ1v) is 5.05. The molecule has 0 spiro atoms. The summed E-state index contributed by atoms with van der Waals surface area (Å²) in [6.07, 6.45) is -0.405. The van der Waals surface area contributed by atoms with Crippen LogP contribution in [-0.4, -0.2) is 23.9 Å². The molecule has 0 radical (unpaired) electrons. The Hall–Kier alpha value is -0.873. The van der Waals surface area contributed by atoms with Gasteiger partial charge in [0, 0.05) is 23.9 Å². The van der Waals surface area contributed by atoms with E-state index in [1.807, 2.05) is 0 Å². The van der Waals surface area contributed by atoms with Crippen LogP contribution in [0.2, 0.25) is 0 Å². The van der Waals surface area contributed by atoms with Crippen LogP contribution in [0, 0.1) is 0 Å². The van der Waals surface area contributed by atoms with Crippen molar-refractivity contribution < 1.29 is 78.6 Å². The number of carbonyl (C=O) groups excluding carboxylic acids is 4. The Kier molecular flexibility index (Phi) is 24.9. The van der Waals surface area contributed by atoms with Gasteiger partial charge in [0.05, 0.1) is 0 Å².